The summed E-state index contributed by atoms with van der Waals surface area (Å²) in [6, 6.07) is 7.17. The summed E-state index contributed by atoms with van der Waals surface area (Å²) in [7, 11) is 0. The molecular formula is C19H32N2. The predicted octanol–water partition coefficient (Wildman–Crippen LogP) is 4.29. The maximum Gasteiger partial charge on any atom is 0.0369 e. The number of anilines is 1. The molecule has 2 rings (SSSR count). The van der Waals surface area contributed by atoms with Gasteiger partial charge in [-0.05, 0) is 68.7 Å². The quantitative estimate of drug-likeness (QED) is 0.875. The van der Waals surface area contributed by atoms with Crippen molar-refractivity contribution in [1.29, 1.82) is 0 Å². The van der Waals surface area contributed by atoms with E-state index in [1.54, 1.807) is 0 Å². The van der Waals surface area contributed by atoms with Gasteiger partial charge in [0.15, 0.2) is 0 Å². The van der Waals surface area contributed by atoms with Crippen LogP contribution in [0.3, 0.4) is 0 Å². The van der Waals surface area contributed by atoms with E-state index in [1.807, 2.05) is 0 Å². The van der Waals surface area contributed by atoms with Crippen molar-refractivity contribution in [3.05, 3.63) is 29.3 Å². The van der Waals surface area contributed by atoms with Crippen LogP contribution in [-0.2, 0) is 6.42 Å². The third-order valence-corrected chi connectivity index (χ3v) is 4.78. The molecule has 0 aliphatic carbocycles. The maximum absolute atomic E-state index is 5.93. The van der Waals surface area contributed by atoms with Crippen molar-refractivity contribution < 1.29 is 0 Å². The van der Waals surface area contributed by atoms with Gasteiger partial charge in [0.2, 0.25) is 0 Å². The van der Waals surface area contributed by atoms with Crippen molar-refractivity contribution in [2.75, 3.05) is 18.0 Å². The monoisotopic (exact) mass is 288 g/mol. The third kappa shape index (κ3) is 4.74. The molecule has 0 bridgehead atoms. The minimum Gasteiger partial charge on any atom is -0.372 e. The SMILES string of the molecule is CCCC1CCCN(c2ccc(CC(C)N)c(C)c2)CC1. The van der Waals surface area contributed by atoms with E-state index in [0.29, 0.717) is 0 Å². The lowest BCUT2D eigenvalue weighted by Gasteiger charge is -2.24. The Morgan fingerprint density at radius 2 is 2.10 bits per heavy atom. The fourth-order valence-corrected chi connectivity index (χ4v) is 3.57. The molecule has 2 atom stereocenters. The molecule has 21 heavy (non-hydrogen) atoms. The Morgan fingerprint density at radius 3 is 2.76 bits per heavy atom. The first-order valence-electron chi connectivity index (χ1n) is 8.70. The molecule has 118 valence electrons. The molecule has 1 aromatic carbocycles. The number of hydrogen-bond acceptors (Lipinski definition) is 2. The van der Waals surface area contributed by atoms with E-state index in [1.165, 1.54) is 62.0 Å². The normalized spacial score (nSPS) is 21.1. The summed E-state index contributed by atoms with van der Waals surface area (Å²) in [6.45, 7) is 9.04. The van der Waals surface area contributed by atoms with Crippen LogP contribution >= 0.6 is 0 Å². The maximum atomic E-state index is 5.93. The van der Waals surface area contributed by atoms with E-state index in [0.717, 1.165) is 12.3 Å². The third-order valence-electron chi connectivity index (χ3n) is 4.78. The molecular weight excluding hydrogens is 256 g/mol. The summed E-state index contributed by atoms with van der Waals surface area (Å²) >= 11 is 0. The van der Waals surface area contributed by atoms with E-state index in [-0.39, 0.29) is 6.04 Å². The molecule has 0 radical (unpaired) electrons. The lowest BCUT2D eigenvalue weighted by Crippen LogP contribution is -2.24. The van der Waals surface area contributed by atoms with Gasteiger partial charge in [-0.25, -0.2) is 0 Å². The van der Waals surface area contributed by atoms with Crippen molar-refractivity contribution >= 4 is 5.69 Å². The van der Waals surface area contributed by atoms with Crippen molar-refractivity contribution in [3.8, 4) is 0 Å². The van der Waals surface area contributed by atoms with E-state index in [2.05, 4.69) is 43.9 Å². The largest absolute Gasteiger partial charge is 0.372 e. The molecule has 1 fully saturated rings. The number of benzene rings is 1. The highest BCUT2D eigenvalue weighted by atomic mass is 15.1. The van der Waals surface area contributed by atoms with Gasteiger partial charge in [0.1, 0.15) is 0 Å². The minimum absolute atomic E-state index is 0.238. The molecule has 0 aromatic heterocycles. The van der Waals surface area contributed by atoms with Gasteiger partial charge >= 0.3 is 0 Å². The Hall–Kier alpha value is -1.02. The second-order valence-electron chi connectivity index (χ2n) is 6.86. The standard InChI is InChI=1S/C19H32N2/c1-4-6-17-7-5-11-21(12-10-17)19-9-8-18(14-16(3)20)15(2)13-19/h8-9,13,16-17H,4-7,10-12,14,20H2,1-3H3. The van der Waals surface area contributed by atoms with Crippen LogP contribution in [0.1, 0.15) is 57.1 Å². The highest BCUT2D eigenvalue weighted by Gasteiger charge is 2.17. The molecule has 1 saturated heterocycles. The Balaban J connectivity index is 2.03. The Morgan fingerprint density at radius 1 is 1.29 bits per heavy atom. The van der Waals surface area contributed by atoms with E-state index in [4.69, 9.17) is 5.73 Å². The number of nitrogens with zero attached hydrogens (tertiary/aromatic N) is 1. The molecule has 2 nitrogen and oxygen atoms in total. The second kappa shape index (κ2) is 7.84. The fourth-order valence-electron chi connectivity index (χ4n) is 3.57. The van der Waals surface area contributed by atoms with Crippen molar-refractivity contribution in [3.63, 3.8) is 0 Å². The molecule has 2 N–H and O–H groups in total. The van der Waals surface area contributed by atoms with Gasteiger partial charge in [-0.15, -0.1) is 0 Å². The van der Waals surface area contributed by atoms with Crippen LogP contribution in [-0.4, -0.2) is 19.1 Å². The zero-order valence-corrected chi connectivity index (χ0v) is 14.1. The number of hydrogen-bond donors (Lipinski definition) is 1. The molecule has 1 aliphatic heterocycles. The highest BCUT2D eigenvalue weighted by Crippen LogP contribution is 2.27. The molecule has 1 heterocycles. The fraction of sp³-hybridized carbons (Fsp3) is 0.684. The summed E-state index contributed by atoms with van der Waals surface area (Å²) < 4.78 is 0. The molecule has 0 spiro atoms. The molecule has 0 amide bonds. The van der Waals surface area contributed by atoms with E-state index < -0.39 is 0 Å². The molecule has 1 aromatic rings. The summed E-state index contributed by atoms with van der Waals surface area (Å²) in [6.07, 6.45) is 7.81. The second-order valence-corrected chi connectivity index (χ2v) is 6.86. The molecule has 2 unspecified atom stereocenters. The zero-order valence-electron chi connectivity index (χ0n) is 14.1. The first-order chi connectivity index (χ1) is 10.1. The Labute approximate surface area is 130 Å². The van der Waals surface area contributed by atoms with Crippen molar-refractivity contribution in [2.24, 2.45) is 11.7 Å². The predicted molar refractivity (Wildman–Crippen MR) is 93.0 cm³/mol. The molecule has 0 saturated carbocycles. The summed E-state index contributed by atoms with van der Waals surface area (Å²) in [5, 5.41) is 0. The van der Waals surface area contributed by atoms with Crippen molar-refractivity contribution in [1.82, 2.24) is 0 Å². The smallest absolute Gasteiger partial charge is 0.0369 e. The average Bonchev–Trinajstić information content (AvgIpc) is 2.67. The lowest BCUT2D eigenvalue weighted by atomic mass is 9.96. The van der Waals surface area contributed by atoms with Gasteiger partial charge in [0.05, 0.1) is 0 Å². The number of aryl methyl sites for hydroxylation is 1. The lowest BCUT2D eigenvalue weighted by molar-refractivity contribution is 0.435. The summed E-state index contributed by atoms with van der Waals surface area (Å²) in [5.74, 6) is 0.943. The van der Waals surface area contributed by atoms with Gasteiger partial charge in [-0.3, -0.25) is 0 Å². The first kappa shape index (κ1) is 16.4. The van der Waals surface area contributed by atoms with Crippen LogP contribution in [0.4, 0.5) is 5.69 Å². The Bertz CT molecular complexity index is 439. The molecule has 1 aliphatic rings. The average molecular weight is 288 g/mol. The number of rotatable bonds is 5. The van der Waals surface area contributed by atoms with Gasteiger partial charge < -0.3 is 10.6 Å². The highest BCUT2D eigenvalue weighted by molar-refractivity contribution is 5.51. The van der Waals surface area contributed by atoms with Gasteiger partial charge in [0, 0.05) is 24.8 Å². The van der Waals surface area contributed by atoms with Crippen LogP contribution < -0.4 is 10.6 Å². The summed E-state index contributed by atoms with van der Waals surface area (Å²) in [5.41, 5.74) is 10.1. The van der Waals surface area contributed by atoms with Gasteiger partial charge in [-0.2, -0.15) is 0 Å². The zero-order chi connectivity index (χ0) is 15.2. The topological polar surface area (TPSA) is 29.3 Å². The van der Waals surface area contributed by atoms with Crippen molar-refractivity contribution in [2.45, 2.75) is 65.3 Å². The van der Waals surface area contributed by atoms with Gasteiger partial charge in [0.25, 0.3) is 0 Å². The van der Waals surface area contributed by atoms with E-state index in [9.17, 15) is 0 Å². The Kier molecular flexibility index (Phi) is 6.10. The van der Waals surface area contributed by atoms with Crippen LogP contribution in [0.15, 0.2) is 18.2 Å². The van der Waals surface area contributed by atoms with E-state index >= 15 is 0 Å². The minimum atomic E-state index is 0.238. The van der Waals surface area contributed by atoms with Crippen LogP contribution in [0.25, 0.3) is 0 Å². The summed E-state index contributed by atoms with van der Waals surface area (Å²) in [4.78, 5) is 2.58. The first-order valence-corrected chi connectivity index (χ1v) is 8.70. The van der Waals surface area contributed by atoms with Gasteiger partial charge in [-0.1, -0.05) is 25.8 Å². The number of nitrogens with two attached hydrogens (primary N) is 1. The van der Waals surface area contributed by atoms with Crippen LogP contribution in [0.2, 0.25) is 0 Å². The molecule has 2 heteroatoms. The van der Waals surface area contributed by atoms with Crippen LogP contribution in [0, 0.1) is 12.8 Å². The van der Waals surface area contributed by atoms with Crippen LogP contribution in [0.5, 0.6) is 0 Å².